The van der Waals surface area contributed by atoms with Crippen LogP contribution in [0.25, 0.3) is 0 Å². The van der Waals surface area contributed by atoms with Gasteiger partial charge in [0.15, 0.2) is 0 Å². The maximum atomic E-state index is 5.08. The Hall–Kier alpha value is -0.0800. The summed E-state index contributed by atoms with van der Waals surface area (Å²) in [5.41, 5.74) is 0. The first kappa shape index (κ1) is 8.02. The van der Waals surface area contributed by atoms with Crippen molar-refractivity contribution >= 4 is 0 Å². The van der Waals surface area contributed by atoms with Gasteiger partial charge in [-0.3, -0.25) is 4.90 Å². The second-order valence-corrected chi connectivity index (χ2v) is 3.23. The normalized spacial score (nSPS) is 27.0. The molecule has 1 fully saturated rings. The minimum Gasteiger partial charge on any atom is -0.383 e. The van der Waals surface area contributed by atoms with Crippen molar-refractivity contribution < 1.29 is 4.74 Å². The van der Waals surface area contributed by atoms with Crippen molar-refractivity contribution in [1.29, 1.82) is 0 Å². The van der Waals surface area contributed by atoms with Crippen LogP contribution >= 0.6 is 0 Å². The van der Waals surface area contributed by atoms with Crippen molar-refractivity contribution in [2.75, 3.05) is 20.3 Å². The minimum atomic E-state index is 0.689. The van der Waals surface area contributed by atoms with Gasteiger partial charge in [0.05, 0.1) is 6.61 Å². The number of rotatable bonds is 3. The first-order valence-corrected chi connectivity index (χ1v) is 4.00. The number of hydrogen-bond donors (Lipinski definition) is 0. The van der Waals surface area contributed by atoms with Crippen LogP contribution in [0.4, 0.5) is 0 Å². The molecule has 1 atom stereocenters. The molecule has 0 spiro atoms. The fourth-order valence-electron chi connectivity index (χ4n) is 1.51. The Labute approximate surface area is 63.2 Å². The lowest BCUT2D eigenvalue weighted by molar-refractivity contribution is 0.00219. The van der Waals surface area contributed by atoms with Crippen molar-refractivity contribution in [3.63, 3.8) is 0 Å². The lowest BCUT2D eigenvalue weighted by Gasteiger charge is -2.43. The van der Waals surface area contributed by atoms with Crippen LogP contribution in [0.1, 0.15) is 20.3 Å². The molecule has 0 aliphatic carbocycles. The van der Waals surface area contributed by atoms with Gasteiger partial charge in [0.1, 0.15) is 0 Å². The zero-order chi connectivity index (χ0) is 7.56. The molecule has 2 nitrogen and oxygen atoms in total. The van der Waals surface area contributed by atoms with Gasteiger partial charge in [0.25, 0.3) is 0 Å². The standard InChI is InChI=1S/C8H17NO/c1-7(2)9-5-4-8(9)6-10-3/h7-8H,4-6H2,1-3H3/t8-/m0/s1. The van der Waals surface area contributed by atoms with Gasteiger partial charge in [0, 0.05) is 25.7 Å². The molecular formula is C8H17NO. The summed E-state index contributed by atoms with van der Waals surface area (Å²) in [5, 5.41) is 0. The largest absolute Gasteiger partial charge is 0.383 e. The third-order valence-corrected chi connectivity index (χ3v) is 2.21. The number of nitrogens with zero attached hydrogens (tertiary/aromatic N) is 1. The summed E-state index contributed by atoms with van der Waals surface area (Å²) in [6.45, 7) is 6.63. The molecule has 0 aromatic heterocycles. The van der Waals surface area contributed by atoms with Crippen LogP contribution in [0, 0.1) is 0 Å². The molecule has 0 bridgehead atoms. The summed E-state index contributed by atoms with van der Waals surface area (Å²) < 4.78 is 5.08. The monoisotopic (exact) mass is 143 g/mol. The van der Waals surface area contributed by atoms with E-state index in [1.165, 1.54) is 13.0 Å². The van der Waals surface area contributed by atoms with E-state index in [-0.39, 0.29) is 0 Å². The first-order valence-electron chi connectivity index (χ1n) is 4.00. The Morgan fingerprint density at radius 3 is 2.60 bits per heavy atom. The van der Waals surface area contributed by atoms with Crippen LogP contribution in [-0.4, -0.2) is 37.2 Å². The van der Waals surface area contributed by atoms with E-state index >= 15 is 0 Å². The summed E-state index contributed by atoms with van der Waals surface area (Å²) in [6.07, 6.45) is 1.31. The van der Waals surface area contributed by atoms with E-state index in [2.05, 4.69) is 18.7 Å². The van der Waals surface area contributed by atoms with E-state index in [4.69, 9.17) is 4.74 Å². The molecule has 1 heterocycles. The predicted octanol–water partition coefficient (Wildman–Crippen LogP) is 1.12. The van der Waals surface area contributed by atoms with Crippen LogP contribution in [0.3, 0.4) is 0 Å². The van der Waals surface area contributed by atoms with Crippen LogP contribution in [0.2, 0.25) is 0 Å². The third-order valence-electron chi connectivity index (χ3n) is 2.21. The summed E-state index contributed by atoms with van der Waals surface area (Å²) in [7, 11) is 1.77. The molecule has 1 aliphatic rings. The average molecular weight is 143 g/mol. The molecule has 1 aliphatic heterocycles. The van der Waals surface area contributed by atoms with Gasteiger partial charge in [-0.2, -0.15) is 0 Å². The first-order chi connectivity index (χ1) is 4.75. The Kier molecular flexibility index (Phi) is 2.69. The fraction of sp³-hybridized carbons (Fsp3) is 1.00. The Balaban J connectivity index is 2.22. The summed E-state index contributed by atoms with van der Waals surface area (Å²) in [4.78, 5) is 2.48. The zero-order valence-electron chi connectivity index (χ0n) is 7.13. The highest BCUT2D eigenvalue weighted by atomic mass is 16.5. The van der Waals surface area contributed by atoms with E-state index < -0.39 is 0 Å². The van der Waals surface area contributed by atoms with Crippen LogP contribution in [0.5, 0.6) is 0 Å². The van der Waals surface area contributed by atoms with Gasteiger partial charge in [-0.25, -0.2) is 0 Å². The Morgan fingerprint density at radius 1 is 1.60 bits per heavy atom. The van der Waals surface area contributed by atoms with Crippen molar-refractivity contribution in [3.8, 4) is 0 Å². The molecule has 0 amide bonds. The van der Waals surface area contributed by atoms with Crippen molar-refractivity contribution in [3.05, 3.63) is 0 Å². The quantitative estimate of drug-likeness (QED) is 0.587. The van der Waals surface area contributed by atoms with Crippen molar-refractivity contribution in [2.45, 2.75) is 32.4 Å². The van der Waals surface area contributed by atoms with Crippen LogP contribution < -0.4 is 0 Å². The maximum absolute atomic E-state index is 5.08. The summed E-state index contributed by atoms with van der Waals surface area (Å²) >= 11 is 0. The lowest BCUT2D eigenvalue weighted by atomic mass is 10.0. The highest BCUT2D eigenvalue weighted by molar-refractivity contribution is 4.84. The molecule has 60 valence electrons. The highest BCUT2D eigenvalue weighted by Gasteiger charge is 2.29. The molecule has 1 rings (SSSR count). The topological polar surface area (TPSA) is 12.5 Å². The van der Waals surface area contributed by atoms with Crippen molar-refractivity contribution in [1.82, 2.24) is 4.90 Å². The van der Waals surface area contributed by atoms with E-state index in [1.807, 2.05) is 0 Å². The smallest absolute Gasteiger partial charge is 0.0618 e. The molecule has 0 radical (unpaired) electrons. The number of ether oxygens (including phenoxy) is 1. The molecule has 10 heavy (non-hydrogen) atoms. The van der Waals surface area contributed by atoms with Gasteiger partial charge in [-0.05, 0) is 20.3 Å². The van der Waals surface area contributed by atoms with E-state index in [1.54, 1.807) is 7.11 Å². The fourth-order valence-corrected chi connectivity index (χ4v) is 1.51. The number of likely N-dealkylation sites (tertiary alicyclic amines) is 1. The average Bonchev–Trinajstić information content (AvgIpc) is 1.78. The minimum absolute atomic E-state index is 0.689. The third kappa shape index (κ3) is 1.50. The molecule has 0 aromatic carbocycles. The van der Waals surface area contributed by atoms with Gasteiger partial charge in [-0.1, -0.05) is 0 Å². The van der Waals surface area contributed by atoms with Crippen molar-refractivity contribution in [2.24, 2.45) is 0 Å². The molecule has 2 heteroatoms. The summed E-state index contributed by atoms with van der Waals surface area (Å²) in [5.74, 6) is 0. The number of hydrogen-bond acceptors (Lipinski definition) is 2. The van der Waals surface area contributed by atoms with E-state index in [0.717, 1.165) is 6.61 Å². The number of methoxy groups -OCH3 is 1. The van der Waals surface area contributed by atoms with Crippen LogP contribution in [0.15, 0.2) is 0 Å². The lowest BCUT2D eigenvalue weighted by Crippen LogP contribution is -2.53. The van der Waals surface area contributed by atoms with Gasteiger partial charge >= 0.3 is 0 Å². The molecule has 0 saturated carbocycles. The zero-order valence-corrected chi connectivity index (χ0v) is 7.13. The second kappa shape index (κ2) is 3.35. The Bertz CT molecular complexity index is 103. The Morgan fingerprint density at radius 2 is 2.30 bits per heavy atom. The van der Waals surface area contributed by atoms with Gasteiger partial charge in [0.2, 0.25) is 0 Å². The molecule has 0 N–H and O–H groups in total. The highest BCUT2D eigenvalue weighted by Crippen LogP contribution is 2.19. The second-order valence-electron chi connectivity index (χ2n) is 3.23. The molecule has 0 aromatic rings. The van der Waals surface area contributed by atoms with Gasteiger partial charge in [-0.15, -0.1) is 0 Å². The van der Waals surface area contributed by atoms with Gasteiger partial charge < -0.3 is 4.74 Å². The molecule has 0 unspecified atom stereocenters. The molecule has 1 saturated heterocycles. The maximum Gasteiger partial charge on any atom is 0.0618 e. The SMILES string of the molecule is COC[C@@H]1CCN1C(C)C. The van der Waals surface area contributed by atoms with E-state index in [0.29, 0.717) is 12.1 Å². The van der Waals surface area contributed by atoms with Crippen LogP contribution in [-0.2, 0) is 4.74 Å². The predicted molar refractivity (Wildman–Crippen MR) is 42.1 cm³/mol. The van der Waals surface area contributed by atoms with E-state index in [9.17, 15) is 0 Å². The summed E-state index contributed by atoms with van der Waals surface area (Å²) in [6, 6.07) is 1.39. The molecular weight excluding hydrogens is 126 g/mol.